The van der Waals surface area contributed by atoms with Gasteiger partial charge in [-0.05, 0) is 6.42 Å². The summed E-state index contributed by atoms with van der Waals surface area (Å²) in [6.45, 7) is 3.83. The fourth-order valence-corrected chi connectivity index (χ4v) is 1.43. The Labute approximate surface area is 124 Å². The molecular weight excluding hydrogens is 349 g/mol. The molecule has 0 aromatic rings. The highest BCUT2D eigenvalue weighted by molar-refractivity contribution is 14.0. The molecule has 18 heavy (non-hydrogen) atoms. The molecule has 0 aromatic heterocycles. The maximum atomic E-state index is 11.3. The van der Waals surface area contributed by atoms with E-state index in [-0.39, 0.29) is 42.5 Å². The zero-order valence-corrected chi connectivity index (χ0v) is 13.0. The first-order chi connectivity index (χ1) is 8.19. The van der Waals surface area contributed by atoms with E-state index >= 15 is 0 Å². The predicted octanol–water partition coefficient (Wildman–Crippen LogP) is -0.269. The fourth-order valence-electron chi connectivity index (χ4n) is 1.43. The number of imide groups is 1. The highest BCUT2D eigenvalue weighted by Gasteiger charge is 2.27. The predicted molar refractivity (Wildman–Crippen MR) is 80.2 cm³/mol. The molecule has 7 nitrogen and oxygen atoms in total. The number of nitrogens with one attached hydrogen (secondary N) is 3. The second kappa shape index (κ2) is 8.95. The van der Waals surface area contributed by atoms with Crippen LogP contribution in [0, 0.1) is 0 Å². The first-order valence-corrected chi connectivity index (χ1v) is 5.71. The summed E-state index contributed by atoms with van der Waals surface area (Å²) in [6, 6.07) is -0.326. The Hall–Kier alpha value is -1.06. The summed E-state index contributed by atoms with van der Waals surface area (Å²) in [5.41, 5.74) is 0. The van der Waals surface area contributed by atoms with Crippen molar-refractivity contribution in [3.8, 4) is 0 Å². The Morgan fingerprint density at radius 1 is 1.39 bits per heavy atom. The number of rotatable bonds is 5. The first kappa shape index (κ1) is 16.9. The van der Waals surface area contributed by atoms with E-state index in [0.717, 1.165) is 13.0 Å². The van der Waals surface area contributed by atoms with E-state index in [2.05, 4.69) is 27.9 Å². The molecule has 1 aliphatic heterocycles. The molecule has 0 bridgehead atoms. The largest absolute Gasteiger partial charge is 0.356 e. The molecule has 1 heterocycles. The number of amides is 3. The van der Waals surface area contributed by atoms with Crippen molar-refractivity contribution in [3.63, 3.8) is 0 Å². The van der Waals surface area contributed by atoms with Gasteiger partial charge in [0.15, 0.2) is 5.96 Å². The quantitative estimate of drug-likeness (QED) is 0.270. The van der Waals surface area contributed by atoms with Gasteiger partial charge in [-0.1, -0.05) is 6.92 Å². The minimum absolute atomic E-state index is 0. The molecule has 1 saturated heterocycles. The lowest BCUT2D eigenvalue weighted by Crippen LogP contribution is -2.43. The molecule has 1 rings (SSSR count). The van der Waals surface area contributed by atoms with E-state index in [1.54, 1.807) is 7.05 Å². The third-order valence-corrected chi connectivity index (χ3v) is 2.33. The number of guanidine groups is 1. The monoisotopic (exact) mass is 369 g/mol. The molecule has 0 unspecified atom stereocenters. The lowest BCUT2D eigenvalue weighted by molar-refractivity contribution is -0.124. The number of carbonyl (C=O) groups excluding carboxylic acids is 2. The van der Waals surface area contributed by atoms with E-state index in [0.29, 0.717) is 19.0 Å². The zero-order chi connectivity index (χ0) is 12.7. The van der Waals surface area contributed by atoms with Crippen LogP contribution in [-0.4, -0.2) is 56.0 Å². The van der Waals surface area contributed by atoms with E-state index in [4.69, 9.17) is 0 Å². The van der Waals surface area contributed by atoms with Crippen molar-refractivity contribution in [2.24, 2.45) is 4.99 Å². The molecule has 3 amide bonds. The summed E-state index contributed by atoms with van der Waals surface area (Å²) in [6.07, 6.45) is 1.01. The van der Waals surface area contributed by atoms with Crippen LogP contribution >= 0.6 is 24.0 Å². The molecule has 1 fully saturated rings. The highest BCUT2D eigenvalue weighted by atomic mass is 127. The van der Waals surface area contributed by atoms with Gasteiger partial charge in [0.25, 0.3) is 0 Å². The van der Waals surface area contributed by atoms with Crippen LogP contribution in [0.5, 0.6) is 0 Å². The summed E-state index contributed by atoms with van der Waals surface area (Å²) in [5, 5.41) is 8.61. The zero-order valence-electron chi connectivity index (χ0n) is 10.7. The summed E-state index contributed by atoms with van der Waals surface area (Å²) < 4.78 is 0. The summed E-state index contributed by atoms with van der Waals surface area (Å²) in [5.74, 6) is 0.493. The lowest BCUT2D eigenvalue weighted by atomic mass is 10.5. The molecule has 0 radical (unpaired) electrons. The van der Waals surface area contributed by atoms with Crippen LogP contribution < -0.4 is 16.0 Å². The summed E-state index contributed by atoms with van der Waals surface area (Å²) >= 11 is 0. The summed E-state index contributed by atoms with van der Waals surface area (Å²) in [4.78, 5) is 27.7. The van der Waals surface area contributed by atoms with E-state index in [1.165, 1.54) is 4.90 Å². The van der Waals surface area contributed by atoms with Crippen molar-refractivity contribution in [1.82, 2.24) is 20.9 Å². The third-order valence-electron chi connectivity index (χ3n) is 2.33. The standard InChI is InChI=1S/C10H19N5O2.HI/c1-3-4-12-9(11-2)13-5-6-15-8(16)7-14-10(15)17;/h3-7H2,1-2H3,(H,14,17)(H2,11,12,13);1H. The topological polar surface area (TPSA) is 85.8 Å². The third kappa shape index (κ3) is 5.07. The van der Waals surface area contributed by atoms with Crippen LogP contribution in [0.3, 0.4) is 0 Å². The maximum absolute atomic E-state index is 11.3. The van der Waals surface area contributed by atoms with Gasteiger partial charge in [0.05, 0.1) is 6.54 Å². The van der Waals surface area contributed by atoms with E-state index < -0.39 is 0 Å². The minimum atomic E-state index is -0.326. The smallest absolute Gasteiger partial charge is 0.324 e. The van der Waals surface area contributed by atoms with Crippen LogP contribution in [0.15, 0.2) is 4.99 Å². The second-order valence-electron chi connectivity index (χ2n) is 3.63. The first-order valence-electron chi connectivity index (χ1n) is 5.71. The number of hydrogen-bond acceptors (Lipinski definition) is 3. The van der Waals surface area contributed by atoms with Gasteiger partial charge in [0.1, 0.15) is 0 Å². The molecular formula is C10H20IN5O2. The van der Waals surface area contributed by atoms with Gasteiger partial charge in [0.2, 0.25) is 5.91 Å². The van der Waals surface area contributed by atoms with Gasteiger partial charge in [-0.15, -0.1) is 24.0 Å². The number of nitrogens with zero attached hydrogens (tertiary/aromatic N) is 2. The molecule has 8 heteroatoms. The van der Waals surface area contributed by atoms with Crippen molar-refractivity contribution in [1.29, 1.82) is 0 Å². The van der Waals surface area contributed by atoms with E-state index in [9.17, 15) is 9.59 Å². The normalized spacial score (nSPS) is 15.2. The Bertz CT molecular complexity index is 305. The number of aliphatic imine (C=N–C) groups is 1. The Morgan fingerprint density at radius 3 is 2.56 bits per heavy atom. The van der Waals surface area contributed by atoms with Crippen molar-refractivity contribution >= 4 is 41.9 Å². The number of hydrogen-bond donors (Lipinski definition) is 3. The van der Waals surface area contributed by atoms with Gasteiger partial charge in [0, 0.05) is 26.7 Å². The van der Waals surface area contributed by atoms with Crippen molar-refractivity contribution < 1.29 is 9.59 Å². The molecule has 104 valence electrons. The Kier molecular flexibility index (Phi) is 8.42. The number of urea groups is 1. The molecule has 0 saturated carbocycles. The minimum Gasteiger partial charge on any atom is -0.356 e. The second-order valence-corrected chi connectivity index (χ2v) is 3.63. The van der Waals surface area contributed by atoms with Gasteiger partial charge < -0.3 is 16.0 Å². The van der Waals surface area contributed by atoms with Gasteiger partial charge >= 0.3 is 6.03 Å². The number of carbonyl (C=O) groups is 2. The van der Waals surface area contributed by atoms with Crippen molar-refractivity contribution in [2.45, 2.75) is 13.3 Å². The Balaban J connectivity index is 0.00000289. The SMILES string of the molecule is CCCNC(=NC)NCCN1C(=O)CNC1=O.I. The van der Waals surface area contributed by atoms with Crippen molar-refractivity contribution in [3.05, 3.63) is 0 Å². The molecule has 0 aromatic carbocycles. The maximum Gasteiger partial charge on any atom is 0.324 e. The molecule has 0 aliphatic carbocycles. The highest BCUT2D eigenvalue weighted by Crippen LogP contribution is 1.96. The lowest BCUT2D eigenvalue weighted by Gasteiger charge is -2.15. The van der Waals surface area contributed by atoms with Crippen LogP contribution in [0.25, 0.3) is 0 Å². The van der Waals surface area contributed by atoms with Gasteiger partial charge in [-0.3, -0.25) is 14.7 Å². The van der Waals surface area contributed by atoms with Crippen molar-refractivity contribution in [2.75, 3.05) is 33.2 Å². The van der Waals surface area contributed by atoms with E-state index in [1.807, 2.05) is 0 Å². The van der Waals surface area contributed by atoms with Crippen LogP contribution in [0.2, 0.25) is 0 Å². The summed E-state index contributed by atoms with van der Waals surface area (Å²) in [7, 11) is 1.68. The number of halogens is 1. The van der Waals surface area contributed by atoms with Crippen LogP contribution in [-0.2, 0) is 4.79 Å². The molecule has 3 N–H and O–H groups in total. The van der Waals surface area contributed by atoms with Gasteiger partial charge in [-0.25, -0.2) is 4.79 Å². The average molecular weight is 369 g/mol. The van der Waals surface area contributed by atoms with Crippen LogP contribution in [0.4, 0.5) is 4.79 Å². The molecule has 1 aliphatic rings. The molecule has 0 spiro atoms. The van der Waals surface area contributed by atoms with Gasteiger partial charge in [-0.2, -0.15) is 0 Å². The Morgan fingerprint density at radius 2 is 2.06 bits per heavy atom. The van der Waals surface area contributed by atoms with Crippen LogP contribution in [0.1, 0.15) is 13.3 Å². The average Bonchev–Trinajstić information content (AvgIpc) is 2.64. The molecule has 0 atom stereocenters. The fraction of sp³-hybridized carbons (Fsp3) is 0.700.